The molecule has 0 radical (unpaired) electrons. The van der Waals surface area contributed by atoms with Gasteiger partial charge >= 0.3 is 0 Å². The lowest BCUT2D eigenvalue weighted by Crippen LogP contribution is -2.46. The number of rotatable bonds is 4. The molecule has 1 aliphatic heterocycles. The largest absolute Gasteiger partial charge is 0.333 e. The van der Waals surface area contributed by atoms with E-state index in [-0.39, 0.29) is 24.3 Å². The van der Waals surface area contributed by atoms with E-state index in [4.69, 9.17) is 17.3 Å². The highest BCUT2D eigenvalue weighted by molar-refractivity contribution is 6.34. The number of amides is 2. The van der Waals surface area contributed by atoms with Crippen LogP contribution in [0, 0.1) is 5.92 Å². The van der Waals surface area contributed by atoms with Gasteiger partial charge in [0.1, 0.15) is 6.04 Å². The van der Waals surface area contributed by atoms with E-state index in [1.807, 2.05) is 18.2 Å². The molecule has 0 bridgehead atoms. The van der Waals surface area contributed by atoms with Gasteiger partial charge in [0.05, 0.1) is 10.7 Å². The Kier molecular flexibility index (Phi) is 4.85. The molecule has 0 spiro atoms. The van der Waals surface area contributed by atoms with Gasteiger partial charge in [-0.05, 0) is 18.6 Å². The normalized spacial score (nSPS) is 19.7. The highest BCUT2D eigenvalue weighted by Gasteiger charge is 2.38. The van der Waals surface area contributed by atoms with Gasteiger partial charge in [-0.15, -0.1) is 0 Å². The Morgan fingerprint density at radius 2 is 2.19 bits per heavy atom. The molecule has 1 fully saturated rings. The van der Waals surface area contributed by atoms with E-state index in [0.29, 0.717) is 23.7 Å². The predicted octanol–water partition coefficient (Wildman–Crippen LogP) is 1.50. The van der Waals surface area contributed by atoms with Gasteiger partial charge in [0.25, 0.3) is 0 Å². The van der Waals surface area contributed by atoms with Crippen LogP contribution < -0.4 is 10.6 Å². The van der Waals surface area contributed by atoms with Gasteiger partial charge in [0, 0.05) is 26.1 Å². The third-order valence-corrected chi connectivity index (χ3v) is 4.23. The number of anilines is 1. The second-order valence-corrected chi connectivity index (χ2v) is 5.74. The maximum atomic E-state index is 12.6. The maximum Gasteiger partial charge on any atom is 0.249 e. The monoisotopic (exact) mass is 309 g/mol. The fourth-order valence-corrected chi connectivity index (χ4v) is 2.77. The molecular formula is C15H20ClN3O2. The smallest absolute Gasteiger partial charge is 0.249 e. The molecule has 2 unspecified atom stereocenters. The Hall–Kier alpha value is -1.59. The second kappa shape index (κ2) is 6.45. The van der Waals surface area contributed by atoms with E-state index >= 15 is 0 Å². The number of carbonyl (C=O) groups excluding carboxylic acids is 2. The number of benzene rings is 1. The van der Waals surface area contributed by atoms with Crippen LogP contribution in [0.2, 0.25) is 5.02 Å². The zero-order valence-corrected chi connectivity index (χ0v) is 13.0. The lowest BCUT2D eigenvalue weighted by atomic mass is 10.1. The summed E-state index contributed by atoms with van der Waals surface area (Å²) in [4.78, 5) is 27.9. The van der Waals surface area contributed by atoms with Gasteiger partial charge in [-0.1, -0.05) is 30.7 Å². The fourth-order valence-electron chi connectivity index (χ4n) is 2.54. The minimum absolute atomic E-state index is 0.0943. The fraction of sp³-hybridized carbons (Fsp3) is 0.467. The average molecular weight is 310 g/mol. The van der Waals surface area contributed by atoms with Crippen molar-refractivity contribution >= 4 is 29.1 Å². The summed E-state index contributed by atoms with van der Waals surface area (Å²) in [7, 11) is 1.66. The van der Waals surface area contributed by atoms with Gasteiger partial charge < -0.3 is 15.5 Å². The van der Waals surface area contributed by atoms with Gasteiger partial charge in [0.15, 0.2) is 0 Å². The zero-order chi connectivity index (χ0) is 15.6. The van der Waals surface area contributed by atoms with Crippen molar-refractivity contribution in [1.29, 1.82) is 0 Å². The van der Waals surface area contributed by atoms with Crippen LogP contribution >= 0.6 is 11.6 Å². The summed E-state index contributed by atoms with van der Waals surface area (Å²) in [5, 5.41) is 0.538. The molecule has 0 aromatic heterocycles. The zero-order valence-electron chi connectivity index (χ0n) is 12.3. The lowest BCUT2D eigenvalue weighted by molar-refractivity contribution is -0.139. The standard InChI is InChI=1S/C15H20ClN3O2/c1-10(9-17)14(20)18(2)13-7-8-19(15(13)21)12-6-4-3-5-11(12)16/h3-6,10,13H,7-9,17H2,1-2H3. The molecule has 2 N–H and O–H groups in total. The lowest BCUT2D eigenvalue weighted by Gasteiger charge is -2.26. The summed E-state index contributed by atoms with van der Waals surface area (Å²) in [6.07, 6.45) is 0.601. The van der Waals surface area contributed by atoms with Gasteiger partial charge in [-0.3, -0.25) is 9.59 Å². The summed E-state index contributed by atoms with van der Waals surface area (Å²) in [5.74, 6) is -0.475. The highest BCUT2D eigenvalue weighted by atomic mass is 35.5. The third kappa shape index (κ3) is 3.04. The molecule has 6 heteroatoms. The van der Waals surface area contributed by atoms with Crippen molar-refractivity contribution in [3.05, 3.63) is 29.3 Å². The first-order chi connectivity index (χ1) is 9.97. The van der Waals surface area contributed by atoms with Gasteiger partial charge in [-0.25, -0.2) is 0 Å². The molecule has 5 nitrogen and oxygen atoms in total. The highest BCUT2D eigenvalue weighted by Crippen LogP contribution is 2.30. The summed E-state index contributed by atoms with van der Waals surface area (Å²) in [5.41, 5.74) is 6.22. The van der Waals surface area contributed by atoms with Crippen LogP contribution in [0.15, 0.2) is 24.3 Å². The van der Waals surface area contributed by atoms with Crippen molar-refractivity contribution in [2.75, 3.05) is 25.0 Å². The Morgan fingerprint density at radius 3 is 2.81 bits per heavy atom. The Labute approximate surface area is 129 Å². The molecule has 1 aromatic carbocycles. The number of hydrogen-bond acceptors (Lipinski definition) is 3. The molecule has 2 rings (SSSR count). The first-order valence-electron chi connectivity index (χ1n) is 7.00. The van der Waals surface area contributed by atoms with Crippen LogP contribution in [0.1, 0.15) is 13.3 Å². The second-order valence-electron chi connectivity index (χ2n) is 5.33. The molecule has 2 atom stereocenters. The van der Waals surface area contributed by atoms with Crippen molar-refractivity contribution in [2.45, 2.75) is 19.4 Å². The van der Waals surface area contributed by atoms with E-state index in [2.05, 4.69) is 0 Å². The van der Waals surface area contributed by atoms with Crippen molar-refractivity contribution < 1.29 is 9.59 Å². The minimum Gasteiger partial charge on any atom is -0.333 e. The third-order valence-electron chi connectivity index (χ3n) is 3.91. The maximum absolute atomic E-state index is 12.6. The molecule has 0 saturated carbocycles. The minimum atomic E-state index is -0.442. The molecule has 21 heavy (non-hydrogen) atoms. The average Bonchev–Trinajstić information content (AvgIpc) is 2.87. The van der Waals surface area contributed by atoms with E-state index < -0.39 is 6.04 Å². The number of nitrogens with zero attached hydrogens (tertiary/aromatic N) is 2. The molecule has 1 aliphatic rings. The first-order valence-corrected chi connectivity index (χ1v) is 7.37. The SMILES string of the molecule is CC(CN)C(=O)N(C)C1CCN(c2ccccc2Cl)C1=O. The van der Waals surface area contributed by atoms with Crippen LogP contribution in [0.5, 0.6) is 0 Å². The summed E-state index contributed by atoms with van der Waals surface area (Å²) < 4.78 is 0. The number of para-hydroxylation sites is 1. The van der Waals surface area contributed by atoms with Crippen LogP contribution in [-0.2, 0) is 9.59 Å². The number of carbonyl (C=O) groups is 2. The van der Waals surface area contributed by atoms with Crippen LogP contribution in [0.3, 0.4) is 0 Å². The van der Waals surface area contributed by atoms with Crippen LogP contribution in [0.4, 0.5) is 5.69 Å². The van der Waals surface area contributed by atoms with Crippen molar-refractivity contribution in [1.82, 2.24) is 4.90 Å². The van der Waals surface area contributed by atoms with Gasteiger partial charge in [0.2, 0.25) is 11.8 Å². The van der Waals surface area contributed by atoms with Crippen LogP contribution in [0.25, 0.3) is 0 Å². The molecule has 1 saturated heterocycles. The summed E-state index contributed by atoms with van der Waals surface area (Å²) >= 11 is 6.14. The van der Waals surface area contributed by atoms with E-state index in [1.165, 1.54) is 4.90 Å². The van der Waals surface area contributed by atoms with Crippen molar-refractivity contribution in [3.8, 4) is 0 Å². The number of hydrogen-bond donors (Lipinski definition) is 1. The topological polar surface area (TPSA) is 66.6 Å². The van der Waals surface area contributed by atoms with E-state index in [0.717, 1.165) is 0 Å². The molecule has 1 aromatic rings. The van der Waals surface area contributed by atoms with E-state index in [9.17, 15) is 9.59 Å². The molecule has 0 aliphatic carbocycles. The molecule has 2 amide bonds. The summed E-state index contributed by atoms with van der Waals surface area (Å²) in [6.45, 7) is 2.60. The molecule has 114 valence electrons. The summed E-state index contributed by atoms with van der Waals surface area (Å²) in [6, 6.07) is 6.79. The predicted molar refractivity (Wildman–Crippen MR) is 83.2 cm³/mol. The number of likely N-dealkylation sites (N-methyl/N-ethyl adjacent to an activating group) is 1. The Balaban J connectivity index is 2.15. The van der Waals surface area contributed by atoms with E-state index in [1.54, 1.807) is 24.9 Å². The Morgan fingerprint density at radius 1 is 1.52 bits per heavy atom. The molecular weight excluding hydrogens is 290 g/mol. The van der Waals surface area contributed by atoms with Gasteiger partial charge in [-0.2, -0.15) is 0 Å². The quantitative estimate of drug-likeness (QED) is 0.916. The Bertz CT molecular complexity index is 549. The molecule has 1 heterocycles. The van der Waals surface area contributed by atoms with Crippen molar-refractivity contribution in [3.63, 3.8) is 0 Å². The number of halogens is 1. The number of nitrogens with two attached hydrogens (primary N) is 1. The first kappa shape index (κ1) is 15.8. The van der Waals surface area contributed by atoms with Crippen molar-refractivity contribution in [2.24, 2.45) is 11.7 Å². The van der Waals surface area contributed by atoms with Crippen LogP contribution in [-0.4, -0.2) is 42.9 Å².